The first-order chi connectivity index (χ1) is 9.71. The van der Waals surface area contributed by atoms with Crippen LogP contribution in [0, 0.1) is 17.1 Å². The van der Waals surface area contributed by atoms with Crippen molar-refractivity contribution in [2.75, 3.05) is 14.2 Å². The van der Waals surface area contributed by atoms with Gasteiger partial charge in [-0.05, 0) is 23.8 Å². The number of nitrogens with zero attached hydrogens (tertiary/aromatic N) is 1. The number of hydrogen-bond acceptors (Lipinski definition) is 3. The zero-order valence-electron chi connectivity index (χ0n) is 11.3. The van der Waals surface area contributed by atoms with Gasteiger partial charge in [0.25, 0.3) is 0 Å². The first kappa shape index (κ1) is 13.9. The summed E-state index contributed by atoms with van der Waals surface area (Å²) >= 11 is 0. The largest absolute Gasteiger partial charge is 0.496 e. The Balaban J connectivity index is 2.54. The summed E-state index contributed by atoms with van der Waals surface area (Å²) < 4.78 is 24.4. The van der Waals surface area contributed by atoms with E-state index < -0.39 is 5.82 Å². The van der Waals surface area contributed by atoms with E-state index in [1.807, 2.05) is 0 Å². The Morgan fingerprint density at radius 3 is 2.50 bits per heavy atom. The summed E-state index contributed by atoms with van der Waals surface area (Å²) in [5.74, 6) is 0.404. The minimum absolute atomic E-state index is 0.195. The molecule has 0 heterocycles. The molecule has 0 spiro atoms. The first-order valence-corrected chi connectivity index (χ1v) is 6.08. The zero-order valence-corrected chi connectivity index (χ0v) is 11.3. The Morgan fingerprint density at radius 1 is 1.10 bits per heavy atom. The summed E-state index contributed by atoms with van der Waals surface area (Å²) in [6.45, 7) is 0. The van der Waals surface area contributed by atoms with Crippen LogP contribution in [0.5, 0.6) is 11.5 Å². The highest BCUT2D eigenvalue weighted by Crippen LogP contribution is 2.32. The number of ether oxygens (including phenoxy) is 2. The summed E-state index contributed by atoms with van der Waals surface area (Å²) in [6, 6.07) is 12.3. The molecule has 0 aliphatic carbocycles. The van der Waals surface area contributed by atoms with Crippen LogP contribution in [0.4, 0.5) is 4.39 Å². The van der Waals surface area contributed by atoms with Gasteiger partial charge in [-0.1, -0.05) is 18.2 Å². The van der Waals surface area contributed by atoms with E-state index in [0.29, 0.717) is 16.9 Å². The third-order valence-corrected chi connectivity index (χ3v) is 3.04. The van der Waals surface area contributed by atoms with Gasteiger partial charge in [0.2, 0.25) is 0 Å². The molecule has 0 fully saturated rings. The predicted molar refractivity (Wildman–Crippen MR) is 74.3 cm³/mol. The van der Waals surface area contributed by atoms with Gasteiger partial charge in [0.15, 0.2) is 11.6 Å². The normalized spacial score (nSPS) is 9.90. The third-order valence-electron chi connectivity index (χ3n) is 3.04. The highest BCUT2D eigenvalue weighted by atomic mass is 19.1. The summed E-state index contributed by atoms with van der Waals surface area (Å²) in [5.41, 5.74) is 1.85. The van der Waals surface area contributed by atoms with Gasteiger partial charge in [-0.15, -0.1) is 0 Å². The third kappa shape index (κ3) is 2.57. The minimum Gasteiger partial charge on any atom is -0.496 e. The quantitative estimate of drug-likeness (QED) is 0.853. The number of rotatable bonds is 4. The molecule has 0 aliphatic rings. The van der Waals surface area contributed by atoms with Gasteiger partial charge in [0.1, 0.15) is 5.75 Å². The number of hydrogen-bond donors (Lipinski definition) is 0. The van der Waals surface area contributed by atoms with Crippen molar-refractivity contribution >= 4 is 0 Å². The van der Waals surface area contributed by atoms with E-state index in [9.17, 15) is 4.39 Å². The fourth-order valence-corrected chi connectivity index (χ4v) is 2.06. The maximum Gasteiger partial charge on any atom is 0.172 e. The maximum atomic E-state index is 14.2. The lowest BCUT2D eigenvalue weighted by atomic mass is 10.0. The Morgan fingerprint density at radius 2 is 1.85 bits per heavy atom. The first-order valence-electron chi connectivity index (χ1n) is 6.08. The van der Waals surface area contributed by atoms with E-state index in [2.05, 4.69) is 6.07 Å². The van der Waals surface area contributed by atoms with Gasteiger partial charge >= 0.3 is 0 Å². The van der Waals surface area contributed by atoms with E-state index in [1.165, 1.54) is 7.11 Å². The molecule has 0 radical (unpaired) electrons. The van der Waals surface area contributed by atoms with Crippen molar-refractivity contribution in [3.63, 3.8) is 0 Å². The maximum absolute atomic E-state index is 14.2. The van der Waals surface area contributed by atoms with Crippen LogP contribution in [0.15, 0.2) is 36.4 Å². The molecule has 2 rings (SSSR count). The lowest BCUT2D eigenvalue weighted by Gasteiger charge is -2.11. The molecule has 3 nitrogen and oxygen atoms in total. The minimum atomic E-state index is -0.414. The van der Waals surface area contributed by atoms with Crippen LogP contribution in [-0.2, 0) is 6.42 Å². The summed E-state index contributed by atoms with van der Waals surface area (Å²) in [6.07, 6.45) is 0.211. The summed E-state index contributed by atoms with van der Waals surface area (Å²) in [4.78, 5) is 0. The number of halogens is 1. The molecule has 2 aromatic carbocycles. The van der Waals surface area contributed by atoms with Crippen molar-refractivity contribution in [2.45, 2.75) is 6.42 Å². The topological polar surface area (TPSA) is 42.2 Å². The van der Waals surface area contributed by atoms with Crippen LogP contribution in [0.3, 0.4) is 0 Å². The SMILES string of the molecule is COc1ccc(-c2cccc(OC)c2F)cc1CC#N. The molecule has 0 saturated carbocycles. The Labute approximate surface area is 117 Å². The average molecular weight is 271 g/mol. The molecule has 0 saturated heterocycles. The summed E-state index contributed by atoms with van der Waals surface area (Å²) in [7, 11) is 2.97. The van der Waals surface area contributed by atoms with E-state index in [-0.39, 0.29) is 12.2 Å². The van der Waals surface area contributed by atoms with Crippen molar-refractivity contribution in [3.05, 3.63) is 47.8 Å². The molecular weight excluding hydrogens is 257 g/mol. The lowest BCUT2D eigenvalue weighted by molar-refractivity contribution is 0.387. The van der Waals surface area contributed by atoms with Crippen LogP contribution in [0.1, 0.15) is 5.56 Å². The van der Waals surface area contributed by atoms with Crippen molar-refractivity contribution in [1.82, 2.24) is 0 Å². The van der Waals surface area contributed by atoms with Crippen molar-refractivity contribution in [1.29, 1.82) is 5.26 Å². The highest BCUT2D eigenvalue weighted by molar-refractivity contribution is 5.68. The number of methoxy groups -OCH3 is 2. The van der Waals surface area contributed by atoms with Crippen LogP contribution in [0.2, 0.25) is 0 Å². The van der Waals surface area contributed by atoms with Crippen LogP contribution in [-0.4, -0.2) is 14.2 Å². The predicted octanol–water partition coefficient (Wildman–Crippen LogP) is 3.58. The number of nitriles is 1. The Hall–Kier alpha value is -2.54. The average Bonchev–Trinajstić information content (AvgIpc) is 2.48. The van der Waals surface area contributed by atoms with E-state index in [1.54, 1.807) is 43.5 Å². The Kier molecular flexibility index (Phi) is 4.21. The van der Waals surface area contributed by atoms with Gasteiger partial charge in [-0.25, -0.2) is 4.39 Å². The van der Waals surface area contributed by atoms with Gasteiger partial charge in [-0.3, -0.25) is 0 Å². The van der Waals surface area contributed by atoms with Crippen LogP contribution >= 0.6 is 0 Å². The van der Waals surface area contributed by atoms with E-state index in [0.717, 1.165) is 5.56 Å². The molecule has 2 aromatic rings. The van der Waals surface area contributed by atoms with E-state index >= 15 is 0 Å². The molecule has 0 unspecified atom stereocenters. The highest BCUT2D eigenvalue weighted by Gasteiger charge is 2.12. The smallest absolute Gasteiger partial charge is 0.172 e. The lowest BCUT2D eigenvalue weighted by Crippen LogP contribution is -1.94. The standard InChI is InChI=1S/C16H14FNO2/c1-19-14-7-6-11(10-12(14)8-9-18)13-4-3-5-15(20-2)16(13)17/h3-7,10H,8H2,1-2H3. The molecule has 0 N–H and O–H groups in total. The molecule has 0 aromatic heterocycles. The van der Waals surface area contributed by atoms with Crippen LogP contribution in [0.25, 0.3) is 11.1 Å². The second kappa shape index (κ2) is 6.07. The molecule has 0 atom stereocenters. The molecule has 0 bridgehead atoms. The van der Waals surface area contributed by atoms with Gasteiger partial charge in [-0.2, -0.15) is 5.26 Å². The number of benzene rings is 2. The molecule has 20 heavy (non-hydrogen) atoms. The van der Waals surface area contributed by atoms with Crippen LogP contribution < -0.4 is 9.47 Å². The monoisotopic (exact) mass is 271 g/mol. The molecule has 4 heteroatoms. The fraction of sp³-hybridized carbons (Fsp3) is 0.188. The van der Waals surface area contributed by atoms with Gasteiger partial charge < -0.3 is 9.47 Å². The second-order valence-electron chi connectivity index (χ2n) is 4.18. The van der Waals surface area contributed by atoms with Gasteiger partial charge in [0.05, 0.1) is 26.7 Å². The molecule has 102 valence electrons. The van der Waals surface area contributed by atoms with Gasteiger partial charge in [0, 0.05) is 11.1 Å². The zero-order chi connectivity index (χ0) is 14.5. The Bertz CT molecular complexity index is 662. The second-order valence-corrected chi connectivity index (χ2v) is 4.18. The van der Waals surface area contributed by atoms with Crippen molar-refractivity contribution in [2.24, 2.45) is 0 Å². The fourth-order valence-electron chi connectivity index (χ4n) is 2.06. The summed E-state index contributed by atoms with van der Waals surface area (Å²) in [5, 5.41) is 8.84. The van der Waals surface area contributed by atoms with Crippen molar-refractivity contribution < 1.29 is 13.9 Å². The molecular formula is C16H14FNO2. The molecule has 0 aliphatic heterocycles. The van der Waals surface area contributed by atoms with E-state index in [4.69, 9.17) is 14.7 Å². The van der Waals surface area contributed by atoms with Crippen molar-refractivity contribution in [3.8, 4) is 28.7 Å². The molecule has 0 amide bonds.